The van der Waals surface area contributed by atoms with Crippen molar-refractivity contribution in [3.8, 4) is 17.2 Å². The number of methoxy groups -OCH3 is 2. The highest BCUT2D eigenvalue weighted by Crippen LogP contribution is 2.29. The van der Waals surface area contributed by atoms with Gasteiger partial charge in [-0.25, -0.2) is 4.98 Å². The minimum Gasteiger partial charge on any atom is -0.497 e. The quantitative estimate of drug-likeness (QED) is 0.300. The van der Waals surface area contributed by atoms with Crippen LogP contribution in [-0.4, -0.2) is 23.8 Å². The molecule has 30 heavy (non-hydrogen) atoms. The summed E-state index contributed by atoms with van der Waals surface area (Å²) in [5.41, 5.74) is 2.14. The van der Waals surface area contributed by atoms with E-state index in [1.807, 2.05) is 48.5 Å². The van der Waals surface area contributed by atoms with E-state index in [9.17, 15) is 4.79 Å². The van der Waals surface area contributed by atoms with Gasteiger partial charge in [0, 0.05) is 10.8 Å². The number of rotatable bonds is 6. The maximum atomic E-state index is 13.4. The summed E-state index contributed by atoms with van der Waals surface area (Å²) in [4.78, 5) is 18.2. The molecule has 4 rings (SSSR count). The molecule has 0 N–H and O–H groups in total. The number of fused-ring (bicyclic) bond motifs is 1. The molecule has 0 fully saturated rings. The van der Waals surface area contributed by atoms with Crippen molar-refractivity contribution in [2.75, 3.05) is 14.2 Å². The number of ether oxygens (including phenoxy) is 2. The van der Waals surface area contributed by atoms with Gasteiger partial charge in [-0.2, -0.15) is 0 Å². The topological polar surface area (TPSA) is 53.3 Å². The SMILES string of the molecule is COc1ccc(CSc2nc3ccc(Cl)cc3c(=O)n2-c2ccccc2OC)cc1. The number of aromatic nitrogens is 2. The molecule has 0 bridgehead atoms. The first-order chi connectivity index (χ1) is 14.6. The van der Waals surface area contributed by atoms with Crippen LogP contribution < -0.4 is 15.0 Å². The zero-order chi connectivity index (χ0) is 21.1. The highest BCUT2D eigenvalue weighted by molar-refractivity contribution is 7.98. The van der Waals surface area contributed by atoms with E-state index in [1.54, 1.807) is 37.0 Å². The molecule has 0 atom stereocenters. The molecule has 0 radical (unpaired) electrons. The Hall–Kier alpha value is -2.96. The number of benzene rings is 3. The van der Waals surface area contributed by atoms with Crippen LogP contribution in [0.4, 0.5) is 0 Å². The lowest BCUT2D eigenvalue weighted by Gasteiger charge is -2.16. The molecule has 1 aromatic heterocycles. The molecular formula is C23H19ClN2O3S. The summed E-state index contributed by atoms with van der Waals surface area (Å²) in [7, 11) is 3.22. The van der Waals surface area contributed by atoms with Gasteiger partial charge >= 0.3 is 0 Å². The smallest absolute Gasteiger partial charge is 0.266 e. The molecule has 7 heteroatoms. The first-order valence-electron chi connectivity index (χ1n) is 9.22. The number of nitrogens with zero attached hydrogens (tertiary/aromatic N) is 2. The second kappa shape index (κ2) is 8.81. The Balaban J connectivity index is 1.84. The fourth-order valence-electron chi connectivity index (χ4n) is 3.13. The van der Waals surface area contributed by atoms with Crippen molar-refractivity contribution >= 4 is 34.3 Å². The largest absolute Gasteiger partial charge is 0.497 e. The highest BCUT2D eigenvalue weighted by atomic mass is 35.5. The third-order valence-corrected chi connectivity index (χ3v) is 5.90. The van der Waals surface area contributed by atoms with Gasteiger partial charge in [0.05, 0.1) is 30.8 Å². The molecule has 5 nitrogen and oxygen atoms in total. The first kappa shape index (κ1) is 20.3. The molecule has 3 aromatic carbocycles. The van der Waals surface area contributed by atoms with E-state index in [0.29, 0.717) is 38.3 Å². The molecule has 0 aliphatic carbocycles. The van der Waals surface area contributed by atoms with Gasteiger partial charge in [-0.15, -0.1) is 0 Å². The second-order valence-electron chi connectivity index (χ2n) is 6.51. The van der Waals surface area contributed by atoms with E-state index in [0.717, 1.165) is 11.3 Å². The summed E-state index contributed by atoms with van der Waals surface area (Å²) >= 11 is 7.62. The summed E-state index contributed by atoms with van der Waals surface area (Å²) in [6, 6.07) is 20.4. The molecule has 0 unspecified atom stereocenters. The van der Waals surface area contributed by atoms with Crippen LogP contribution in [-0.2, 0) is 5.75 Å². The monoisotopic (exact) mass is 438 g/mol. The maximum absolute atomic E-state index is 13.4. The Bertz CT molecular complexity index is 1260. The summed E-state index contributed by atoms with van der Waals surface area (Å²) in [6.07, 6.45) is 0. The van der Waals surface area contributed by atoms with Crippen molar-refractivity contribution in [3.05, 3.63) is 87.7 Å². The number of hydrogen-bond donors (Lipinski definition) is 0. The predicted octanol–water partition coefficient (Wildman–Crippen LogP) is 5.35. The zero-order valence-electron chi connectivity index (χ0n) is 16.5. The lowest BCUT2D eigenvalue weighted by Crippen LogP contribution is -2.22. The van der Waals surface area contributed by atoms with Gasteiger partial charge in [0.15, 0.2) is 5.16 Å². The van der Waals surface area contributed by atoms with Crippen molar-refractivity contribution in [1.29, 1.82) is 0 Å². The van der Waals surface area contributed by atoms with Crippen molar-refractivity contribution in [1.82, 2.24) is 9.55 Å². The maximum Gasteiger partial charge on any atom is 0.266 e. The van der Waals surface area contributed by atoms with Gasteiger partial charge in [-0.1, -0.05) is 47.6 Å². The number of para-hydroxylation sites is 2. The standard InChI is InChI=1S/C23H19ClN2O3S/c1-28-17-10-7-15(8-11-17)14-30-23-25-19-12-9-16(24)13-18(19)22(27)26(23)20-5-3-4-6-21(20)29-2/h3-13H,14H2,1-2H3. The van der Waals surface area contributed by atoms with Gasteiger partial charge in [0.2, 0.25) is 0 Å². The lowest BCUT2D eigenvalue weighted by molar-refractivity contribution is 0.411. The van der Waals surface area contributed by atoms with Crippen molar-refractivity contribution in [3.63, 3.8) is 0 Å². The predicted molar refractivity (Wildman–Crippen MR) is 121 cm³/mol. The van der Waals surface area contributed by atoms with Gasteiger partial charge in [-0.3, -0.25) is 9.36 Å². The van der Waals surface area contributed by atoms with Gasteiger partial charge < -0.3 is 9.47 Å². The van der Waals surface area contributed by atoms with E-state index in [-0.39, 0.29) is 5.56 Å². The number of halogens is 1. The first-order valence-corrected chi connectivity index (χ1v) is 10.6. The normalized spacial score (nSPS) is 10.9. The van der Waals surface area contributed by atoms with Crippen molar-refractivity contribution in [2.45, 2.75) is 10.9 Å². The molecule has 0 saturated carbocycles. The van der Waals surface area contributed by atoms with Crippen molar-refractivity contribution in [2.24, 2.45) is 0 Å². The van der Waals surface area contributed by atoms with Crippen LogP contribution in [0.2, 0.25) is 5.02 Å². The summed E-state index contributed by atoms with van der Waals surface area (Å²) < 4.78 is 12.3. The molecule has 0 spiro atoms. The molecule has 0 aliphatic heterocycles. The van der Waals surface area contributed by atoms with E-state index in [4.69, 9.17) is 26.1 Å². The third kappa shape index (κ3) is 4.01. The molecule has 152 valence electrons. The Morgan fingerprint density at radius 3 is 2.50 bits per heavy atom. The highest BCUT2D eigenvalue weighted by Gasteiger charge is 2.16. The molecule has 1 heterocycles. The van der Waals surface area contributed by atoms with Crippen molar-refractivity contribution < 1.29 is 9.47 Å². The Kier molecular flexibility index (Phi) is 5.97. The van der Waals surface area contributed by atoms with Crippen LogP contribution in [0.3, 0.4) is 0 Å². The Labute approximate surface area is 183 Å². The van der Waals surface area contributed by atoms with E-state index < -0.39 is 0 Å². The second-order valence-corrected chi connectivity index (χ2v) is 7.88. The fourth-order valence-corrected chi connectivity index (χ4v) is 4.26. The lowest BCUT2D eigenvalue weighted by atomic mass is 10.2. The van der Waals surface area contributed by atoms with E-state index in [2.05, 4.69) is 0 Å². The molecule has 0 amide bonds. The average Bonchev–Trinajstić information content (AvgIpc) is 2.78. The summed E-state index contributed by atoms with van der Waals surface area (Å²) in [5.74, 6) is 2.04. The minimum atomic E-state index is -0.191. The number of hydrogen-bond acceptors (Lipinski definition) is 5. The van der Waals surface area contributed by atoms with Crippen LogP contribution in [0.25, 0.3) is 16.6 Å². The van der Waals surface area contributed by atoms with Gasteiger partial charge in [0.1, 0.15) is 11.5 Å². The van der Waals surface area contributed by atoms with Gasteiger partial charge in [0.25, 0.3) is 5.56 Å². The number of thioether (sulfide) groups is 1. The molecule has 0 aliphatic rings. The molecular weight excluding hydrogens is 420 g/mol. The Morgan fingerprint density at radius 1 is 1.00 bits per heavy atom. The zero-order valence-corrected chi connectivity index (χ0v) is 18.0. The fraction of sp³-hybridized carbons (Fsp3) is 0.130. The van der Waals surface area contributed by atoms with Crippen LogP contribution in [0.5, 0.6) is 11.5 Å². The Morgan fingerprint density at radius 2 is 1.77 bits per heavy atom. The minimum absolute atomic E-state index is 0.191. The molecule has 4 aromatic rings. The van der Waals surface area contributed by atoms with Gasteiger partial charge in [-0.05, 0) is 48.0 Å². The molecule has 0 saturated heterocycles. The average molecular weight is 439 g/mol. The van der Waals surface area contributed by atoms with Crippen LogP contribution in [0.1, 0.15) is 5.56 Å². The van der Waals surface area contributed by atoms with Crippen LogP contribution in [0.15, 0.2) is 76.7 Å². The van der Waals surface area contributed by atoms with Crippen LogP contribution >= 0.6 is 23.4 Å². The summed E-state index contributed by atoms with van der Waals surface area (Å²) in [6.45, 7) is 0. The van der Waals surface area contributed by atoms with E-state index >= 15 is 0 Å². The van der Waals surface area contributed by atoms with E-state index in [1.165, 1.54) is 11.8 Å². The van der Waals surface area contributed by atoms with Crippen LogP contribution in [0, 0.1) is 0 Å². The summed E-state index contributed by atoms with van der Waals surface area (Å²) in [5, 5.41) is 1.53. The third-order valence-electron chi connectivity index (χ3n) is 4.65.